The SMILES string of the molecule is c1ccc2c(c1)C1=C3c4ccccc4[C@@]34O[C@H]4[C@@H]3O[C@@]123. The van der Waals surface area contributed by atoms with Crippen molar-refractivity contribution >= 4 is 11.1 Å². The van der Waals surface area contributed by atoms with Gasteiger partial charge in [-0.1, -0.05) is 48.5 Å². The van der Waals surface area contributed by atoms with Gasteiger partial charge in [0, 0.05) is 11.1 Å². The van der Waals surface area contributed by atoms with Gasteiger partial charge in [-0.05, 0) is 22.3 Å². The number of fused-ring (bicyclic) bond motifs is 5. The number of hydrogen-bond donors (Lipinski definition) is 0. The van der Waals surface area contributed by atoms with Gasteiger partial charge in [0.05, 0.1) is 0 Å². The second kappa shape index (κ2) is 2.28. The van der Waals surface area contributed by atoms with Gasteiger partial charge < -0.3 is 9.47 Å². The average Bonchev–Trinajstić information content (AvgIpc) is 3.35. The van der Waals surface area contributed by atoms with E-state index in [0.29, 0.717) is 0 Å². The Balaban J connectivity index is 1.66. The minimum atomic E-state index is -0.121. The van der Waals surface area contributed by atoms with Crippen molar-refractivity contribution in [3.63, 3.8) is 0 Å². The molecule has 7 rings (SSSR count). The highest BCUT2D eigenvalue weighted by molar-refractivity contribution is 6.13. The first-order valence-electron chi connectivity index (χ1n) is 7.20. The molecule has 2 aromatic rings. The highest BCUT2D eigenvalue weighted by atomic mass is 16.7. The van der Waals surface area contributed by atoms with Gasteiger partial charge in [0.2, 0.25) is 0 Å². The topological polar surface area (TPSA) is 25.1 Å². The van der Waals surface area contributed by atoms with E-state index < -0.39 is 0 Å². The normalized spacial score (nSPS) is 42.8. The Labute approximate surface area is 115 Å². The molecule has 0 saturated carbocycles. The van der Waals surface area contributed by atoms with Crippen LogP contribution in [0.25, 0.3) is 11.1 Å². The number of benzene rings is 2. The zero-order valence-electron chi connectivity index (χ0n) is 10.6. The van der Waals surface area contributed by atoms with E-state index >= 15 is 0 Å². The summed E-state index contributed by atoms with van der Waals surface area (Å²) in [5.41, 5.74) is 8.03. The zero-order chi connectivity index (χ0) is 12.7. The maximum atomic E-state index is 6.17. The van der Waals surface area contributed by atoms with Crippen LogP contribution in [-0.4, -0.2) is 12.2 Å². The molecule has 2 saturated heterocycles. The lowest BCUT2D eigenvalue weighted by Gasteiger charge is -2.43. The molecular weight excluding hydrogens is 248 g/mol. The monoisotopic (exact) mass is 258 g/mol. The van der Waals surface area contributed by atoms with Crippen molar-refractivity contribution in [3.8, 4) is 0 Å². The zero-order valence-corrected chi connectivity index (χ0v) is 10.6. The lowest BCUT2D eigenvalue weighted by atomic mass is 9.55. The molecule has 0 bridgehead atoms. The summed E-state index contributed by atoms with van der Waals surface area (Å²) >= 11 is 0. The molecule has 2 fully saturated rings. The molecule has 2 aromatic carbocycles. The van der Waals surface area contributed by atoms with Crippen molar-refractivity contribution in [3.05, 3.63) is 70.8 Å². The predicted molar refractivity (Wildman–Crippen MR) is 72.8 cm³/mol. The quantitative estimate of drug-likeness (QED) is 0.679. The van der Waals surface area contributed by atoms with Crippen LogP contribution in [0.15, 0.2) is 48.5 Å². The van der Waals surface area contributed by atoms with Crippen molar-refractivity contribution < 1.29 is 9.47 Å². The third-order valence-electron chi connectivity index (χ3n) is 5.77. The molecular formula is C18H10O2. The number of epoxide rings is 2. The van der Waals surface area contributed by atoms with Crippen LogP contribution in [0, 0.1) is 0 Å². The summed E-state index contributed by atoms with van der Waals surface area (Å²) in [4.78, 5) is 0. The Morgan fingerprint density at radius 2 is 1.10 bits per heavy atom. The Bertz CT molecular complexity index is 822. The van der Waals surface area contributed by atoms with Gasteiger partial charge in [0.15, 0.2) is 0 Å². The van der Waals surface area contributed by atoms with Gasteiger partial charge in [-0.15, -0.1) is 0 Å². The second-order valence-electron chi connectivity index (χ2n) is 6.39. The average molecular weight is 258 g/mol. The lowest BCUT2D eigenvalue weighted by Crippen LogP contribution is -2.42. The van der Waals surface area contributed by atoms with Crippen LogP contribution in [0.1, 0.15) is 22.3 Å². The molecule has 2 spiro atoms. The van der Waals surface area contributed by atoms with Gasteiger partial charge in [-0.2, -0.15) is 0 Å². The predicted octanol–water partition coefficient (Wildman–Crippen LogP) is 2.83. The van der Waals surface area contributed by atoms with Crippen molar-refractivity contribution in [1.82, 2.24) is 0 Å². The van der Waals surface area contributed by atoms with E-state index in [4.69, 9.17) is 9.47 Å². The summed E-state index contributed by atoms with van der Waals surface area (Å²) in [6.45, 7) is 0. The maximum Gasteiger partial charge on any atom is 0.149 e. The van der Waals surface area contributed by atoms with Crippen molar-refractivity contribution in [2.45, 2.75) is 23.4 Å². The van der Waals surface area contributed by atoms with Gasteiger partial charge in [0.25, 0.3) is 0 Å². The highest BCUT2D eigenvalue weighted by Gasteiger charge is 2.86. The molecule has 20 heavy (non-hydrogen) atoms. The van der Waals surface area contributed by atoms with Crippen LogP contribution in [0.2, 0.25) is 0 Å². The molecule has 2 heteroatoms. The second-order valence-corrected chi connectivity index (χ2v) is 6.39. The summed E-state index contributed by atoms with van der Waals surface area (Å²) < 4.78 is 12.3. The smallest absolute Gasteiger partial charge is 0.149 e. The summed E-state index contributed by atoms with van der Waals surface area (Å²) in [5.74, 6) is 0. The molecule has 2 heterocycles. The molecule has 3 aliphatic carbocycles. The standard InChI is InChI=1S/C18H10O2/c1-3-7-11-9(5-1)13-14-10-6-2-4-8-12(10)18(14)16(20-18)15-17(11,13)19-15/h1-8,15-16H/t15-,16-,17+,18+/m0/s1. The largest absolute Gasteiger partial charge is 0.353 e. The molecule has 0 radical (unpaired) electrons. The Hall–Kier alpha value is -1.90. The van der Waals surface area contributed by atoms with E-state index in [9.17, 15) is 0 Å². The fourth-order valence-electron chi connectivity index (χ4n) is 4.95. The highest BCUT2D eigenvalue weighted by Crippen LogP contribution is 2.82. The summed E-state index contributed by atoms with van der Waals surface area (Å²) in [5, 5.41) is 0. The van der Waals surface area contributed by atoms with Gasteiger partial charge >= 0.3 is 0 Å². The fourth-order valence-corrected chi connectivity index (χ4v) is 4.95. The summed E-state index contributed by atoms with van der Waals surface area (Å²) in [6.07, 6.45) is 0.481. The lowest BCUT2D eigenvalue weighted by molar-refractivity contribution is 0.281. The molecule has 94 valence electrons. The first kappa shape index (κ1) is 9.11. The van der Waals surface area contributed by atoms with Crippen LogP contribution >= 0.6 is 0 Å². The van der Waals surface area contributed by atoms with Crippen LogP contribution in [0.4, 0.5) is 0 Å². The van der Waals surface area contributed by atoms with Crippen molar-refractivity contribution in [2.75, 3.05) is 0 Å². The Morgan fingerprint density at radius 1 is 0.650 bits per heavy atom. The fraction of sp³-hybridized carbons (Fsp3) is 0.222. The first-order chi connectivity index (χ1) is 9.89. The first-order valence-corrected chi connectivity index (χ1v) is 7.20. The van der Waals surface area contributed by atoms with Gasteiger partial charge in [-0.3, -0.25) is 0 Å². The van der Waals surface area contributed by atoms with Crippen LogP contribution in [-0.2, 0) is 20.7 Å². The molecule has 0 N–H and O–H groups in total. The van der Waals surface area contributed by atoms with E-state index in [-0.39, 0.29) is 23.4 Å². The Morgan fingerprint density at radius 3 is 1.60 bits per heavy atom. The van der Waals surface area contributed by atoms with E-state index in [1.165, 1.54) is 33.4 Å². The molecule has 0 amide bonds. The van der Waals surface area contributed by atoms with Crippen molar-refractivity contribution in [2.24, 2.45) is 0 Å². The van der Waals surface area contributed by atoms with Crippen LogP contribution in [0.5, 0.6) is 0 Å². The molecule has 0 aromatic heterocycles. The minimum absolute atomic E-state index is 0.121. The van der Waals surface area contributed by atoms with E-state index in [2.05, 4.69) is 48.5 Å². The number of hydrogen-bond acceptors (Lipinski definition) is 2. The molecule has 0 unspecified atom stereocenters. The third kappa shape index (κ3) is 0.602. The minimum Gasteiger partial charge on any atom is -0.353 e. The number of ether oxygens (including phenoxy) is 2. The van der Waals surface area contributed by atoms with E-state index in [1.54, 1.807) is 0 Å². The van der Waals surface area contributed by atoms with E-state index in [0.717, 1.165) is 0 Å². The molecule has 4 atom stereocenters. The number of rotatable bonds is 0. The summed E-state index contributed by atoms with van der Waals surface area (Å²) in [6, 6.07) is 17.3. The third-order valence-corrected chi connectivity index (χ3v) is 5.77. The molecule has 5 aliphatic rings. The van der Waals surface area contributed by atoms with Gasteiger partial charge in [-0.25, -0.2) is 0 Å². The van der Waals surface area contributed by atoms with E-state index in [1.807, 2.05) is 0 Å². The maximum absolute atomic E-state index is 6.17. The van der Waals surface area contributed by atoms with Gasteiger partial charge in [0.1, 0.15) is 23.4 Å². The molecule has 2 nitrogen and oxygen atoms in total. The Kier molecular flexibility index (Phi) is 1.04. The van der Waals surface area contributed by atoms with Crippen LogP contribution in [0.3, 0.4) is 0 Å². The van der Waals surface area contributed by atoms with Crippen LogP contribution < -0.4 is 0 Å². The van der Waals surface area contributed by atoms with Crippen molar-refractivity contribution in [1.29, 1.82) is 0 Å². The molecule has 2 aliphatic heterocycles. The summed E-state index contributed by atoms with van der Waals surface area (Å²) in [7, 11) is 0.